The van der Waals surface area contributed by atoms with Gasteiger partial charge >= 0.3 is 0 Å². The first-order valence-corrected chi connectivity index (χ1v) is 8.62. The van der Waals surface area contributed by atoms with E-state index in [9.17, 15) is 29.9 Å². The number of nitro groups is 1. The predicted molar refractivity (Wildman–Crippen MR) is 107 cm³/mol. The lowest BCUT2D eigenvalue weighted by atomic mass is 10.2. The maximum Gasteiger partial charge on any atom is 0.280 e. The summed E-state index contributed by atoms with van der Waals surface area (Å²) in [7, 11) is 0. The largest absolute Gasteiger partial charge is 0.508 e. The minimum absolute atomic E-state index is 0.107. The normalized spacial score (nSPS) is 11.3. The molecule has 11 heteroatoms. The minimum atomic E-state index is -0.737. The summed E-state index contributed by atoms with van der Waals surface area (Å²) < 4.78 is 1.14. The van der Waals surface area contributed by atoms with E-state index < -0.39 is 22.1 Å². The number of nitrogens with one attached hydrogen (secondary N) is 2. The number of H-pyrrole nitrogens is 1. The Hall–Kier alpha value is -4.41. The third-order valence-corrected chi connectivity index (χ3v) is 4.28. The van der Waals surface area contributed by atoms with Gasteiger partial charge in [-0.2, -0.15) is 5.10 Å². The van der Waals surface area contributed by atoms with Crippen molar-refractivity contribution in [3.05, 3.63) is 79.8 Å². The summed E-state index contributed by atoms with van der Waals surface area (Å²) in [4.78, 5) is 35.4. The molecule has 1 amide bonds. The first-order chi connectivity index (χ1) is 14.2. The fraction of sp³-hybridized carbons (Fsp3) is 0.105. The topological polar surface area (TPSA) is 163 Å². The molecule has 30 heavy (non-hydrogen) atoms. The lowest BCUT2D eigenvalue weighted by molar-refractivity contribution is -0.384. The molecule has 11 nitrogen and oxygen atoms in total. The third kappa shape index (κ3) is 3.90. The average molecular weight is 411 g/mol. The SMILES string of the molecule is CC(=NNC(=O)c1ccc(O)cc1O)c1c(C)[nH]n(-c2cccc([N+](=O)[O-])c2)c1=O. The molecule has 2 aromatic carbocycles. The fourth-order valence-corrected chi connectivity index (χ4v) is 2.86. The lowest BCUT2D eigenvalue weighted by Crippen LogP contribution is -2.23. The molecule has 0 aliphatic heterocycles. The zero-order valence-corrected chi connectivity index (χ0v) is 15.9. The summed E-state index contributed by atoms with van der Waals surface area (Å²) in [6, 6.07) is 9.03. The number of aromatic hydroxyl groups is 2. The maximum atomic E-state index is 12.8. The molecule has 0 saturated carbocycles. The van der Waals surface area contributed by atoms with Gasteiger partial charge in [-0.1, -0.05) is 6.07 Å². The number of carbonyl (C=O) groups is 1. The van der Waals surface area contributed by atoms with Crippen LogP contribution in [0.5, 0.6) is 11.5 Å². The Balaban J connectivity index is 1.91. The Kier molecular flexibility index (Phi) is 5.36. The number of hydrogen-bond acceptors (Lipinski definition) is 7. The van der Waals surface area contributed by atoms with Crippen LogP contribution in [0.3, 0.4) is 0 Å². The number of hydrogen-bond donors (Lipinski definition) is 4. The van der Waals surface area contributed by atoms with Gasteiger partial charge in [0.25, 0.3) is 17.2 Å². The summed E-state index contributed by atoms with van der Waals surface area (Å²) in [5.41, 5.74) is 2.54. The van der Waals surface area contributed by atoms with Crippen LogP contribution < -0.4 is 11.0 Å². The van der Waals surface area contributed by atoms with Gasteiger partial charge in [0, 0.05) is 23.9 Å². The number of aromatic amines is 1. The van der Waals surface area contributed by atoms with Crippen molar-refractivity contribution >= 4 is 17.3 Å². The van der Waals surface area contributed by atoms with Crippen LogP contribution in [0.2, 0.25) is 0 Å². The van der Waals surface area contributed by atoms with Gasteiger partial charge in [0.15, 0.2) is 0 Å². The molecular formula is C19H17N5O6. The number of aromatic nitrogens is 2. The number of phenols is 2. The highest BCUT2D eigenvalue weighted by atomic mass is 16.6. The number of carbonyl (C=O) groups excluding carboxylic acids is 1. The minimum Gasteiger partial charge on any atom is -0.508 e. The van der Waals surface area contributed by atoms with Gasteiger partial charge in [0.2, 0.25) is 0 Å². The monoisotopic (exact) mass is 411 g/mol. The number of non-ortho nitro benzene ring substituents is 1. The first-order valence-electron chi connectivity index (χ1n) is 8.62. The van der Waals surface area contributed by atoms with Gasteiger partial charge in [0.05, 0.1) is 27.4 Å². The summed E-state index contributed by atoms with van der Waals surface area (Å²) in [6.07, 6.45) is 0. The number of amides is 1. The molecule has 0 bridgehead atoms. The van der Waals surface area contributed by atoms with Gasteiger partial charge in [-0.05, 0) is 32.0 Å². The van der Waals surface area contributed by atoms with Crippen LogP contribution in [0.4, 0.5) is 5.69 Å². The highest BCUT2D eigenvalue weighted by Gasteiger charge is 2.18. The highest BCUT2D eigenvalue weighted by molar-refractivity contribution is 6.02. The second-order valence-corrected chi connectivity index (χ2v) is 6.37. The van der Waals surface area contributed by atoms with Crippen LogP contribution in [0.25, 0.3) is 5.69 Å². The molecular weight excluding hydrogens is 394 g/mol. The van der Waals surface area contributed by atoms with Crippen molar-refractivity contribution in [3.63, 3.8) is 0 Å². The Bertz CT molecular complexity index is 1240. The van der Waals surface area contributed by atoms with E-state index in [2.05, 4.69) is 15.6 Å². The van der Waals surface area contributed by atoms with Crippen LogP contribution in [0.15, 0.2) is 52.4 Å². The molecule has 3 rings (SSSR count). The van der Waals surface area contributed by atoms with E-state index in [0.717, 1.165) is 10.7 Å². The van der Waals surface area contributed by atoms with Crippen molar-refractivity contribution in [3.8, 4) is 17.2 Å². The standard InChI is InChI=1S/C19H17N5O6/c1-10(20-21-18(27)15-7-6-14(25)9-16(15)26)17-11(2)22-23(19(17)28)12-4-3-5-13(8-12)24(29)30/h3-9,22,25-26H,1-2H3,(H,21,27). The lowest BCUT2D eigenvalue weighted by Gasteiger charge is -2.04. The van der Waals surface area contributed by atoms with E-state index in [1.54, 1.807) is 6.92 Å². The molecule has 0 aliphatic rings. The van der Waals surface area contributed by atoms with Crippen molar-refractivity contribution in [1.29, 1.82) is 0 Å². The molecule has 1 heterocycles. The summed E-state index contributed by atoms with van der Waals surface area (Å²) >= 11 is 0. The number of rotatable bonds is 5. The van der Waals surface area contributed by atoms with Gasteiger partial charge in [-0.15, -0.1) is 0 Å². The summed E-state index contributed by atoms with van der Waals surface area (Å²) in [5, 5.41) is 36.8. The number of benzene rings is 2. The average Bonchev–Trinajstić information content (AvgIpc) is 3.00. The molecule has 0 saturated heterocycles. The molecule has 0 fully saturated rings. The van der Waals surface area contributed by atoms with Gasteiger partial charge in [-0.25, -0.2) is 10.1 Å². The second kappa shape index (κ2) is 7.91. The third-order valence-electron chi connectivity index (χ3n) is 4.28. The van der Waals surface area contributed by atoms with E-state index >= 15 is 0 Å². The van der Waals surface area contributed by atoms with Gasteiger partial charge in [-0.3, -0.25) is 24.8 Å². The van der Waals surface area contributed by atoms with Gasteiger partial charge in [0.1, 0.15) is 11.5 Å². The number of aryl methyl sites for hydroxylation is 1. The second-order valence-electron chi connectivity index (χ2n) is 6.37. The Morgan fingerprint density at radius 3 is 2.63 bits per heavy atom. The molecule has 0 unspecified atom stereocenters. The molecule has 154 valence electrons. The highest BCUT2D eigenvalue weighted by Crippen LogP contribution is 2.22. The Labute approximate surface area is 169 Å². The van der Waals surface area contributed by atoms with Crippen LogP contribution in [-0.4, -0.2) is 36.5 Å². The zero-order chi connectivity index (χ0) is 22.0. The van der Waals surface area contributed by atoms with E-state index in [1.807, 2.05) is 0 Å². The van der Waals surface area contributed by atoms with Gasteiger partial charge < -0.3 is 10.2 Å². The quantitative estimate of drug-likeness (QED) is 0.285. The van der Waals surface area contributed by atoms with Crippen LogP contribution >= 0.6 is 0 Å². The first kappa shape index (κ1) is 20.3. The van der Waals surface area contributed by atoms with Crippen molar-refractivity contribution in [1.82, 2.24) is 15.2 Å². The van der Waals surface area contributed by atoms with Crippen LogP contribution in [0, 0.1) is 17.0 Å². The molecule has 0 radical (unpaired) electrons. The van der Waals surface area contributed by atoms with Crippen LogP contribution in [0.1, 0.15) is 28.5 Å². The molecule has 0 spiro atoms. The number of hydrazone groups is 1. The molecule has 0 aliphatic carbocycles. The van der Waals surface area contributed by atoms with Crippen molar-refractivity contribution < 1.29 is 19.9 Å². The smallest absolute Gasteiger partial charge is 0.280 e. The summed E-state index contributed by atoms with van der Waals surface area (Å²) in [6.45, 7) is 3.13. The fourth-order valence-electron chi connectivity index (χ4n) is 2.86. The van der Waals surface area contributed by atoms with E-state index in [4.69, 9.17) is 0 Å². The zero-order valence-electron chi connectivity index (χ0n) is 15.9. The maximum absolute atomic E-state index is 12.8. The molecule has 0 atom stereocenters. The Morgan fingerprint density at radius 1 is 1.23 bits per heavy atom. The van der Waals surface area contributed by atoms with E-state index in [-0.39, 0.29) is 34.0 Å². The molecule has 4 N–H and O–H groups in total. The van der Waals surface area contributed by atoms with E-state index in [0.29, 0.717) is 5.69 Å². The number of nitrogens with zero attached hydrogens (tertiary/aromatic N) is 3. The molecule has 1 aromatic heterocycles. The number of nitro benzene ring substituents is 1. The van der Waals surface area contributed by atoms with Crippen molar-refractivity contribution in [2.75, 3.05) is 0 Å². The van der Waals surface area contributed by atoms with E-state index in [1.165, 1.54) is 43.3 Å². The summed E-state index contributed by atoms with van der Waals surface area (Å²) in [5.74, 6) is -1.36. The number of phenolic OH excluding ortho intramolecular Hbond substituents is 2. The molecule has 3 aromatic rings. The Morgan fingerprint density at radius 2 is 1.97 bits per heavy atom. The van der Waals surface area contributed by atoms with Crippen molar-refractivity contribution in [2.24, 2.45) is 5.10 Å². The predicted octanol–water partition coefficient (Wildman–Crippen LogP) is 1.95. The van der Waals surface area contributed by atoms with Crippen molar-refractivity contribution in [2.45, 2.75) is 13.8 Å². The van der Waals surface area contributed by atoms with Crippen LogP contribution in [-0.2, 0) is 0 Å².